The van der Waals surface area contributed by atoms with E-state index in [0.717, 1.165) is 35.7 Å². The Morgan fingerprint density at radius 3 is 2.76 bits per heavy atom. The minimum Gasteiger partial charge on any atom is -0.493 e. The molecule has 2 aromatic heterocycles. The molecule has 1 fully saturated rings. The van der Waals surface area contributed by atoms with Crippen molar-refractivity contribution in [3.63, 3.8) is 0 Å². The zero-order chi connectivity index (χ0) is 26.5. The van der Waals surface area contributed by atoms with Gasteiger partial charge >= 0.3 is 6.18 Å². The molecule has 0 unspecified atom stereocenters. The van der Waals surface area contributed by atoms with Gasteiger partial charge in [0.2, 0.25) is 0 Å². The van der Waals surface area contributed by atoms with Crippen LogP contribution in [0.3, 0.4) is 0 Å². The number of amides is 1. The van der Waals surface area contributed by atoms with Crippen LogP contribution in [0, 0.1) is 0 Å². The van der Waals surface area contributed by atoms with Crippen LogP contribution in [0.25, 0.3) is 10.8 Å². The first-order chi connectivity index (χ1) is 18.3. The lowest BCUT2D eigenvalue weighted by Gasteiger charge is -2.16. The Morgan fingerprint density at radius 1 is 1.05 bits per heavy atom. The Bertz CT molecular complexity index is 1440. The van der Waals surface area contributed by atoms with E-state index in [0.29, 0.717) is 18.7 Å². The first-order valence-electron chi connectivity index (χ1n) is 12.2. The van der Waals surface area contributed by atoms with Gasteiger partial charge in [0.05, 0.1) is 23.8 Å². The molecule has 3 heterocycles. The van der Waals surface area contributed by atoms with Crippen LogP contribution in [0.15, 0.2) is 73.2 Å². The lowest BCUT2D eigenvalue weighted by molar-refractivity contribution is -0.137. The van der Waals surface area contributed by atoms with Crippen molar-refractivity contribution in [3.05, 3.63) is 84.3 Å². The molecule has 0 aliphatic carbocycles. The van der Waals surface area contributed by atoms with Crippen molar-refractivity contribution in [1.82, 2.24) is 9.97 Å². The number of rotatable bonds is 8. The molecule has 2 N–H and O–H groups in total. The summed E-state index contributed by atoms with van der Waals surface area (Å²) in [7, 11) is 0. The largest absolute Gasteiger partial charge is 0.493 e. The van der Waals surface area contributed by atoms with Gasteiger partial charge in [-0.15, -0.1) is 0 Å². The van der Waals surface area contributed by atoms with Crippen molar-refractivity contribution < 1.29 is 27.4 Å². The number of nitrogens with one attached hydrogen (secondary N) is 2. The Hall–Kier alpha value is -4.18. The van der Waals surface area contributed by atoms with Gasteiger partial charge in [-0.05, 0) is 60.7 Å². The van der Waals surface area contributed by atoms with Crippen LogP contribution in [-0.2, 0) is 10.9 Å². The molecule has 1 aliphatic heterocycles. The first-order valence-corrected chi connectivity index (χ1v) is 12.2. The number of aromatic nitrogens is 2. The summed E-state index contributed by atoms with van der Waals surface area (Å²) in [5, 5.41) is 7.58. The van der Waals surface area contributed by atoms with Crippen LogP contribution < -0.4 is 15.4 Å². The van der Waals surface area contributed by atoms with Crippen LogP contribution in [-0.4, -0.2) is 35.2 Å². The number of halogens is 3. The maximum Gasteiger partial charge on any atom is 0.416 e. The van der Waals surface area contributed by atoms with Gasteiger partial charge in [0, 0.05) is 54.4 Å². The number of hydrogen-bond acceptors (Lipinski definition) is 6. The molecule has 1 amide bonds. The van der Waals surface area contributed by atoms with E-state index in [-0.39, 0.29) is 35.5 Å². The van der Waals surface area contributed by atoms with E-state index in [1.165, 1.54) is 12.3 Å². The highest BCUT2D eigenvalue weighted by molar-refractivity contribution is 6.08. The van der Waals surface area contributed by atoms with E-state index in [1.54, 1.807) is 24.5 Å². The van der Waals surface area contributed by atoms with Crippen LogP contribution in [0.4, 0.5) is 30.4 Å². The number of benzene rings is 2. The topological polar surface area (TPSA) is 85.4 Å². The number of ether oxygens (including phenoxy) is 2. The molecule has 4 aromatic rings. The van der Waals surface area contributed by atoms with Crippen LogP contribution in [0.2, 0.25) is 0 Å². The molecule has 1 saturated heterocycles. The summed E-state index contributed by atoms with van der Waals surface area (Å²) in [6.45, 7) is 0.894. The summed E-state index contributed by atoms with van der Waals surface area (Å²) in [5.41, 5.74) is -0.114. The zero-order valence-electron chi connectivity index (χ0n) is 20.3. The Kier molecular flexibility index (Phi) is 7.41. The van der Waals surface area contributed by atoms with Gasteiger partial charge in [0.1, 0.15) is 11.6 Å². The van der Waals surface area contributed by atoms with Gasteiger partial charge in [-0.1, -0.05) is 6.07 Å². The van der Waals surface area contributed by atoms with E-state index in [9.17, 15) is 18.0 Å². The smallest absolute Gasteiger partial charge is 0.416 e. The highest BCUT2D eigenvalue weighted by Crippen LogP contribution is 2.35. The van der Waals surface area contributed by atoms with Crippen molar-refractivity contribution in [3.8, 4) is 5.75 Å². The summed E-state index contributed by atoms with van der Waals surface area (Å²) in [5.74, 6) is -0.344. The fourth-order valence-electron chi connectivity index (χ4n) is 4.28. The second-order valence-electron chi connectivity index (χ2n) is 8.93. The van der Waals surface area contributed by atoms with Crippen molar-refractivity contribution in [2.24, 2.45) is 0 Å². The highest BCUT2D eigenvalue weighted by atomic mass is 19.4. The lowest BCUT2D eigenvalue weighted by atomic mass is 10.1. The highest BCUT2D eigenvalue weighted by Gasteiger charge is 2.32. The van der Waals surface area contributed by atoms with Crippen LogP contribution in [0.1, 0.15) is 35.2 Å². The summed E-state index contributed by atoms with van der Waals surface area (Å²) >= 11 is 0. The van der Waals surface area contributed by atoms with Crippen LogP contribution in [0.5, 0.6) is 5.75 Å². The average molecular weight is 523 g/mol. The molecule has 0 spiro atoms. The maximum atomic E-state index is 13.6. The van der Waals surface area contributed by atoms with Gasteiger partial charge in [-0.3, -0.25) is 9.78 Å². The molecule has 0 saturated carbocycles. The monoisotopic (exact) mass is 522 g/mol. The van der Waals surface area contributed by atoms with E-state index >= 15 is 0 Å². The number of carbonyl (C=O) groups is 1. The van der Waals surface area contributed by atoms with Gasteiger partial charge < -0.3 is 20.1 Å². The number of pyridine rings is 2. The van der Waals surface area contributed by atoms with E-state index in [1.807, 2.05) is 24.3 Å². The molecule has 7 nitrogen and oxygen atoms in total. The minimum atomic E-state index is -4.61. The summed E-state index contributed by atoms with van der Waals surface area (Å²) < 4.78 is 51.9. The van der Waals surface area contributed by atoms with Gasteiger partial charge in [-0.2, -0.15) is 13.2 Å². The van der Waals surface area contributed by atoms with Gasteiger partial charge in [0.25, 0.3) is 5.91 Å². The van der Waals surface area contributed by atoms with Crippen molar-refractivity contribution in [1.29, 1.82) is 0 Å². The van der Waals surface area contributed by atoms with E-state index in [2.05, 4.69) is 20.6 Å². The fourth-order valence-corrected chi connectivity index (χ4v) is 4.28. The molecule has 1 atom stereocenters. The molecule has 10 heteroatoms. The fraction of sp³-hybridized carbons (Fsp3) is 0.250. The third kappa shape index (κ3) is 6.20. The molecule has 1 aliphatic rings. The number of fused-ring (bicyclic) bond motifs is 1. The molecule has 38 heavy (non-hydrogen) atoms. The van der Waals surface area contributed by atoms with Gasteiger partial charge in [-0.25, -0.2) is 4.98 Å². The molecule has 196 valence electrons. The van der Waals surface area contributed by atoms with Crippen molar-refractivity contribution >= 4 is 33.9 Å². The third-order valence-corrected chi connectivity index (χ3v) is 6.18. The average Bonchev–Trinajstić information content (AvgIpc) is 3.42. The summed E-state index contributed by atoms with van der Waals surface area (Å²) in [6, 6.07) is 13.8. The van der Waals surface area contributed by atoms with E-state index in [4.69, 9.17) is 9.47 Å². The van der Waals surface area contributed by atoms with Crippen molar-refractivity contribution in [2.45, 2.75) is 31.5 Å². The maximum absolute atomic E-state index is 13.6. The Balaban J connectivity index is 1.34. The molecule has 0 bridgehead atoms. The standard InChI is InChI=1S/C28H25F3N4O3/c29-28(30,31)20-14-22(16-24(15-20)38-12-8-23-3-2-11-37-23)35-27(36)25-4-1-9-33-26(25)34-21-6-5-18-7-10-32-17-19(18)13-21/h1,4-7,9-10,13-17,23H,2-3,8,11-12H2,(H,33,34)(H,35,36)/t23-/m1/s1. The molecular weight excluding hydrogens is 497 g/mol. The van der Waals surface area contributed by atoms with Crippen LogP contribution >= 0.6 is 0 Å². The molecule has 5 rings (SSSR count). The van der Waals surface area contributed by atoms with Gasteiger partial charge in [0.15, 0.2) is 0 Å². The summed E-state index contributed by atoms with van der Waals surface area (Å²) in [4.78, 5) is 21.5. The summed E-state index contributed by atoms with van der Waals surface area (Å²) in [6.07, 6.45) is 2.83. The Morgan fingerprint density at radius 2 is 1.95 bits per heavy atom. The van der Waals surface area contributed by atoms with E-state index < -0.39 is 17.6 Å². The number of alkyl halides is 3. The first kappa shape index (κ1) is 25.5. The quantitative estimate of drug-likeness (QED) is 0.272. The lowest BCUT2D eigenvalue weighted by Crippen LogP contribution is -2.16. The normalized spacial score (nSPS) is 15.4. The number of anilines is 3. The number of hydrogen-bond donors (Lipinski definition) is 2. The number of carbonyl (C=O) groups excluding carboxylic acids is 1. The van der Waals surface area contributed by atoms with Crippen molar-refractivity contribution in [2.75, 3.05) is 23.8 Å². The number of nitrogens with zero attached hydrogens (tertiary/aromatic N) is 2. The zero-order valence-corrected chi connectivity index (χ0v) is 20.3. The second-order valence-corrected chi connectivity index (χ2v) is 8.93. The SMILES string of the molecule is O=C(Nc1cc(OCC[C@H]2CCCO2)cc(C(F)(F)F)c1)c1cccnc1Nc1ccc2ccncc2c1. The predicted octanol–water partition coefficient (Wildman–Crippen LogP) is 6.59. The minimum absolute atomic E-state index is 0.0161. The predicted molar refractivity (Wildman–Crippen MR) is 138 cm³/mol. The Labute approximate surface area is 217 Å². The third-order valence-electron chi connectivity index (χ3n) is 6.18. The second kappa shape index (κ2) is 11.1. The molecule has 2 aromatic carbocycles. The molecular formula is C28H25F3N4O3. The molecule has 0 radical (unpaired) electrons.